The summed E-state index contributed by atoms with van der Waals surface area (Å²) in [5.74, 6) is 0.289. The molecule has 3 rings (SSSR count). The van der Waals surface area contributed by atoms with E-state index in [0.29, 0.717) is 5.65 Å². The monoisotopic (exact) mass is 323 g/mol. The minimum atomic E-state index is -3.58. The highest BCUT2D eigenvalue weighted by atomic mass is 32.2. The van der Waals surface area contributed by atoms with Gasteiger partial charge in [0.15, 0.2) is 5.65 Å². The van der Waals surface area contributed by atoms with E-state index in [2.05, 4.69) is 26.6 Å². The van der Waals surface area contributed by atoms with Crippen LogP contribution in [0.1, 0.15) is 12.6 Å². The summed E-state index contributed by atoms with van der Waals surface area (Å²) in [4.78, 5) is 6.57. The Kier molecular flexibility index (Phi) is 3.70. The maximum absolute atomic E-state index is 12.6. The first-order chi connectivity index (χ1) is 10.3. The lowest BCUT2D eigenvalue weighted by Crippen LogP contribution is -2.39. The van der Waals surface area contributed by atoms with Crippen LogP contribution in [0.5, 0.6) is 0 Å². The lowest BCUT2D eigenvalue weighted by atomic mass is 10.1. The smallest absolute Gasteiger partial charge is 0.242 e. The molecular formula is C14H21N5O2S. The van der Waals surface area contributed by atoms with Gasteiger partial charge in [-0.2, -0.15) is 5.10 Å². The van der Waals surface area contributed by atoms with Gasteiger partial charge in [0, 0.05) is 37.8 Å². The quantitative estimate of drug-likeness (QED) is 0.890. The van der Waals surface area contributed by atoms with Gasteiger partial charge in [-0.25, -0.2) is 18.1 Å². The molecule has 7 nitrogen and oxygen atoms in total. The lowest BCUT2D eigenvalue weighted by Gasteiger charge is -2.16. The van der Waals surface area contributed by atoms with E-state index in [1.807, 2.05) is 14.0 Å². The highest BCUT2D eigenvalue weighted by molar-refractivity contribution is 7.89. The number of sulfonamides is 1. The molecule has 120 valence electrons. The molecule has 8 heteroatoms. The first-order valence-corrected chi connectivity index (χ1v) is 8.76. The second-order valence-corrected chi connectivity index (χ2v) is 7.89. The summed E-state index contributed by atoms with van der Waals surface area (Å²) in [6.07, 6.45) is 1.40. The molecule has 1 saturated heterocycles. The van der Waals surface area contributed by atoms with Crippen molar-refractivity contribution in [2.75, 3.05) is 20.1 Å². The van der Waals surface area contributed by atoms with E-state index in [4.69, 9.17) is 0 Å². The molecule has 1 aliphatic heterocycles. The molecule has 0 amide bonds. The summed E-state index contributed by atoms with van der Waals surface area (Å²) in [7, 11) is 0.219. The zero-order valence-electron chi connectivity index (χ0n) is 13.2. The summed E-state index contributed by atoms with van der Waals surface area (Å²) in [6, 6.07) is 1.58. The number of fused-ring (bicyclic) bond motifs is 1. The molecule has 1 aliphatic rings. The predicted molar refractivity (Wildman–Crippen MR) is 84.0 cm³/mol. The summed E-state index contributed by atoms with van der Waals surface area (Å²) in [6.45, 7) is 5.53. The van der Waals surface area contributed by atoms with E-state index in [0.717, 1.165) is 24.2 Å². The Labute approximate surface area is 130 Å². The molecule has 0 aromatic carbocycles. The molecule has 0 saturated carbocycles. The maximum atomic E-state index is 12.6. The lowest BCUT2D eigenvalue weighted by molar-refractivity contribution is 0.400. The Morgan fingerprint density at radius 1 is 1.32 bits per heavy atom. The molecule has 0 bridgehead atoms. The van der Waals surface area contributed by atoms with Crippen molar-refractivity contribution in [3.05, 3.63) is 18.0 Å². The molecule has 2 aromatic heterocycles. The summed E-state index contributed by atoms with van der Waals surface area (Å²) in [5.41, 5.74) is 1.46. The van der Waals surface area contributed by atoms with E-state index in [1.54, 1.807) is 17.8 Å². The normalized spacial score (nSPS) is 23.5. The van der Waals surface area contributed by atoms with Crippen molar-refractivity contribution in [1.29, 1.82) is 0 Å². The third kappa shape index (κ3) is 2.62. The van der Waals surface area contributed by atoms with Crippen LogP contribution >= 0.6 is 0 Å². The number of likely N-dealkylation sites (tertiary alicyclic amines) is 1. The Morgan fingerprint density at radius 2 is 2.05 bits per heavy atom. The van der Waals surface area contributed by atoms with Crippen LogP contribution in [0.2, 0.25) is 0 Å². The third-order valence-corrected chi connectivity index (χ3v) is 5.71. The highest BCUT2D eigenvalue weighted by Crippen LogP contribution is 2.21. The Balaban J connectivity index is 1.93. The molecule has 1 N–H and O–H groups in total. The average Bonchev–Trinajstić information content (AvgIpc) is 2.89. The van der Waals surface area contributed by atoms with E-state index in [9.17, 15) is 8.42 Å². The number of aromatic nitrogens is 3. The molecule has 0 unspecified atom stereocenters. The summed E-state index contributed by atoms with van der Waals surface area (Å²) in [5, 5.41) is 5.04. The van der Waals surface area contributed by atoms with Gasteiger partial charge in [-0.15, -0.1) is 0 Å². The van der Waals surface area contributed by atoms with Crippen LogP contribution < -0.4 is 4.72 Å². The zero-order chi connectivity index (χ0) is 16.1. The number of rotatable bonds is 3. The SMILES string of the molecule is Cc1nn(C)c2ncc(S(=O)(=O)N[C@@H]3CN(C)C[C@@H]3C)cc12. The van der Waals surface area contributed by atoms with Gasteiger partial charge in [-0.05, 0) is 26.0 Å². The van der Waals surface area contributed by atoms with Crippen molar-refractivity contribution in [3.63, 3.8) is 0 Å². The first kappa shape index (κ1) is 15.4. The Hall–Kier alpha value is -1.51. The van der Waals surface area contributed by atoms with Crippen molar-refractivity contribution >= 4 is 21.1 Å². The number of hydrogen-bond donors (Lipinski definition) is 1. The molecule has 0 aliphatic carbocycles. The molecule has 22 heavy (non-hydrogen) atoms. The largest absolute Gasteiger partial charge is 0.304 e. The van der Waals surface area contributed by atoms with Crippen molar-refractivity contribution in [2.24, 2.45) is 13.0 Å². The number of nitrogens with zero attached hydrogens (tertiary/aromatic N) is 4. The van der Waals surface area contributed by atoms with Crippen LogP contribution in [0.4, 0.5) is 0 Å². The third-order valence-electron chi connectivity index (χ3n) is 4.25. The van der Waals surface area contributed by atoms with E-state index >= 15 is 0 Å². The number of pyridine rings is 1. The number of likely N-dealkylation sites (N-methyl/N-ethyl adjacent to an activating group) is 1. The van der Waals surface area contributed by atoms with Gasteiger partial charge in [0.2, 0.25) is 10.0 Å². The van der Waals surface area contributed by atoms with Crippen LogP contribution in [0.25, 0.3) is 11.0 Å². The minimum Gasteiger partial charge on any atom is -0.304 e. The van der Waals surface area contributed by atoms with Crippen LogP contribution in [0, 0.1) is 12.8 Å². The van der Waals surface area contributed by atoms with Gasteiger partial charge in [0.1, 0.15) is 4.90 Å². The molecule has 2 aromatic rings. The minimum absolute atomic E-state index is 0.0688. The fourth-order valence-electron chi connectivity index (χ4n) is 3.07. The topological polar surface area (TPSA) is 80.1 Å². The van der Waals surface area contributed by atoms with Crippen LogP contribution in [-0.4, -0.2) is 54.3 Å². The second-order valence-electron chi connectivity index (χ2n) is 6.18. The molecule has 0 radical (unpaired) electrons. The van der Waals surface area contributed by atoms with Gasteiger partial charge < -0.3 is 4.90 Å². The van der Waals surface area contributed by atoms with E-state index in [-0.39, 0.29) is 16.9 Å². The second kappa shape index (κ2) is 5.29. The zero-order valence-corrected chi connectivity index (χ0v) is 14.1. The van der Waals surface area contributed by atoms with Crippen molar-refractivity contribution in [3.8, 4) is 0 Å². The predicted octanol–water partition coefficient (Wildman–Crippen LogP) is 0.505. The standard InChI is InChI=1S/C14H21N5O2S/c1-9-7-18(3)8-13(9)17-22(20,21)11-5-12-10(2)16-19(4)14(12)15-6-11/h5-6,9,13,17H,7-8H2,1-4H3/t9-,13+/m0/s1. The molecule has 2 atom stereocenters. The van der Waals surface area contributed by atoms with Crippen LogP contribution in [-0.2, 0) is 17.1 Å². The van der Waals surface area contributed by atoms with E-state index < -0.39 is 10.0 Å². The summed E-state index contributed by atoms with van der Waals surface area (Å²) < 4.78 is 29.7. The fourth-order valence-corrected chi connectivity index (χ4v) is 4.37. The highest BCUT2D eigenvalue weighted by Gasteiger charge is 2.31. The molecule has 0 spiro atoms. The summed E-state index contributed by atoms with van der Waals surface area (Å²) >= 11 is 0. The Bertz CT molecular complexity index is 814. The number of hydrogen-bond acceptors (Lipinski definition) is 5. The van der Waals surface area contributed by atoms with Gasteiger partial charge in [0.05, 0.1) is 5.69 Å². The maximum Gasteiger partial charge on any atom is 0.242 e. The van der Waals surface area contributed by atoms with Gasteiger partial charge in [-0.1, -0.05) is 6.92 Å². The fraction of sp³-hybridized carbons (Fsp3) is 0.571. The van der Waals surface area contributed by atoms with Crippen molar-refractivity contribution < 1.29 is 8.42 Å². The average molecular weight is 323 g/mol. The first-order valence-electron chi connectivity index (χ1n) is 7.28. The van der Waals surface area contributed by atoms with Crippen LogP contribution in [0.15, 0.2) is 17.2 Å². The Morgan fingerprint density at radius 3 is 2.68 bits per heavy atom. The van der Waals surface area contributed by atoms with Crippen molar-refractivity contribution in [1.82, 2.24) is 24.4 Å². The van der Waals surface area contributed by atoms with Gasteiger partial charge in [-0.3, -0.25) is 4.68 Å². The number of nitrogens with one attached hydrogen (secondary N) is 1. The van der Waals surface area contributed by atoms with Crippen molar-refractivity contribution in [2.45, 2.75) is 24.8 Å². The van der Waals surface area contributed by atoms with Gasteiger partial charge in [0.25, 0.3) is 0 Å². The van der Waals surface area contributed by atoms with Crippen LogP contribution in [0.3, 0.4) is 0 Å². The van der Waals surface area contributed by atoms with E-state index in [1.165, 1.54) is 6.20 Å². The molecular weight excluding hydrogens is 302 g/mol. The van der Waals surface area contributed by atoms with Gasteiger partial charge >= 0.3 is 0 Å². The number of aryl methyl sites for hydroxylation is 2. The molecule has 1 fully saturated rings. The molecule has 3 heterocycles.